The van der Waals surface area contributed by atoms with Gasteiger partial charge in [0, 0.05) is 18.0 Å². The lowest BCUT2D eigenvalue weighted by atomic mass is 9.95. The summed E-state index contributed by atoms with van der Waals surface area (Å²) in [5.74, 6) is 0.112. The van der Waals surface area contributed by atoms with Gasteiger partial charge in [-0.15, -0.1) is 0 Å². The lowest BCUT2D eigenvalue weighted by Crippen LogP contribution is -2.38. The third kappa shape index (κ3) is 3.50. The number of aromatic nitrogens is 2. The Kier molecular flexibility index (Phi) is 4.97. The number of carbonyl (C=O) groups excluding carboxylic acids is 1. The van der Waals surface area contributed by atoms with Gasteiger partial charge in [0.1, 0.15) is 0 Å². The van der Waals surface area contributed by atoms with E-state index in [2.05, 4.69) is 10.4 Å². The van der Waals surface area contributed by atoms with Crippen molar-refractivity contribution in [3.05, 3.63) is 40.3 Å². The Morgan fingerprint density at radius 1 is 1.21 bits per heavy atom. The summed E-state index contributed by atoms with van der Waals surface area (Å²) in [5, 5.41) is 8.70. The monoisotopic (exact) mass is 327 g/mol. The van der Waals surface area contributed by atoms with E-state index in [1.807, 2.05) is 26.0 Å². The molecule has 1 fully saturated rings. The summed E-state index contributed by atoms with van der Waals surface area (Å²) in [7, 11) is 0. The molecule has 0 saturated heterocycles. The van der Waals surface area contributed by atoms with Crippen LogP contribution in [0.2, 0.25) is 0 Å². The molecule has 1 aliphatic carbocycles. The van der Waals surface area contributed by atoms with Crippen LogP contribution in [0.3, 0.4) is 0 Å². The highest BCUT2D eigenvalue weighted by molar-refractivity contribution is 6.04. The molecular formula is C19H25N3O2. The van der Waals surface area contributed by atoms with Crippen LogP contribution < -0.4 is 10.9 Å². The van der Waals surface area contributed by atoms with E-state index in [0.29, 0.717) is 23.0 Å². The average molecular weight is 327 g/mol. The van der Waals surface area contributed by atoms with Crippen molar-refractivity contribution < 1.29 is 4.79 Å². The third-order valence-corrected chi connectivity index (χ3v) is 4.56. The Labute approximate surface area is 142 Å². The van der Waals surface area contributed by atoms with Crippen molar-refractivity contribution in [1.29, 1.82) is 0 Å². The van der Waals surface area contributed by atoms with E-state index in [9.17, 15) is 9.59 Å². The number of hydrogen-bond donors (Lipinski definition) is 1. The minimum absolute atomic E-state index is 0.131. The quantitative estimate of drug-likeness (QED) is 0.938. The second-order valence-electron chi connectivity index (χ2n) is 7.08. The van der Waals surface area contributed by atoms with E-state index in [4.69, 9.17) is 0 Å². The Morgan fingerprint density at radius 3 is 2.54 bits per heavy atom. The van der Waals surface area contributed by atoms with Crippen LogP contribution in [-0.4, -0.2) is 21.7 Å². The molecule has 0 radical (unpaired) electrons. The molecule has 0 aliphatic heterocycles. The summed E-state index contributed by atoms with van der Waals surface area (Å²) < 4.78 is 1.43. The van der Waals surface area contributed by atoms with Crippen LogP contribution in [0, 0.1) is 5.92 Å². The van der Waals surface area contributed by atoms with Crippen molar-refractivity contribution in [2.45, 2.75) is 58.5 Å². The molecule has 24 heavy (non-hydrogen) atoms. The van der Waals surface area contributed by atoms with Crippen molar-refractivity contribution in [1.82, 2.24) is 15.1 Å². The Bertz CT molecular complexity index is 789. The highest BCUT2D eigenvalue weighted by Crippen LogP contribution is 2.19. The maximum Gasteiger partial charge on any atom is 0.274 e. The molecule has 0 spiro atoms. The van der Waals surface area contributed by atoms with Crippen LogP contribution >= 0.6 is 0 Å². The number of nitrogens with zero attached hydrogens (tertiary/aromatic N) is 2. The highest BCUT2D eigenvalue weighted by Gasteiger charge is 2.21. The minimum atomic E-state index is -0.171. The van der Waals surface area contributed by atoms with Crippen molar-refractivity contribution in [2.24, 2.45) is 5.92 Å². The first-order valence-electron chi connectivity index (χ1n) is 8.87. The molecule has 128 valence electrons. The smallest absolute Gasteiger partial charge is 0.274 e. The molecule has 1 saturated carbocycles. The number of fused-ring (bicyclic) bond motifs is 1. The number of carbonyl (C=O) groups is 1. The first-order valence-corrected chi connectivity index (χ1v) is 8.87. The molecule has 3 rings (SSSR count). The van der Waals surface area contributed by atoms with Gasteiger partial charge in [-0.25, -0.2) is 4.68 Å². The minimum Gasteiger partial charge on any atom is -0.348 e. The first kappa shape index (κ1) is 16.7. The van der Waals surface area contributed by atoms with Gasteiger partial charge in [0.05, 0.1) is 5.39 Å². The van der Waals surface area contributed by atoms with Crippen molar-refractivity contribution in [2.75, 3.05) is 0 Å². The van der Waals surface area contributed by atoms with E-state index in [1.54, 1.807) is 12.1 Å². The van der Waals surface area contributed by atoms with Gasteiger partial charge in [0.15, 0.2) is 5.69 Å². The molecule has 5 heteroatoms. The molecular weight excluding hydrogens is 302 g/mol. The van der Waals surface area contributed by atoms with E-state index >= 15 is 0 Å². The summed E-state index contributed by atoms with van der Waals surface area (Å²) in [5.41, 5.74) is 0.227. The van der Waals surface area contributed by atoms with Crippen molar-refractivity contribution in [3.8, 4) is 0 Å². The van der Waals surface area contributed by atoms with Crippen LogP contribution in [0.15, 0.2) is 29.1 Å². The topological polar surface area (TPSA) is 64.0 Å². The third-order valence-electron chi connectivity index (χ3n) is 4.56. The zero-order chi connectivity index (χ0) is 17.1. The molecule has 0 unspecified atom stereocenters. The first-order chi connectivity index (χ1) is 11.6. The summed E-state index contributed by atoms with van der Waals surface area (Å²) in [6.07, 6.45) is 5.61. The fraction of sp³-hybridized carbons (Fsp3) is 0.526. The van der Waals surface area contributed by atoms with Crippen molar-refractivity contribution in [3.63, 3.8) is 0 Å². The highest BCUT2D eigenvalue weighted by atomic mass is 16.2. The maximum atomic E-state index is 12.8. The van der Waals surface area contributed by atoms with Gasteiger partial charge in [0.2, 0.25) is 0 Å². The van der Waals surface area contributed by atoms with Crippen LogP contribution in [0.4, 0.5) is 0 Å². The number of benzene rings is 1. The largest absolute Gasteiger partial charge is 0.348 e. The molecule has 0 bridgehead atoms. The van der Waals surface area contributed by atoms with E-state index in [-0.39, 0.29) is 23.4 Å². The fourth-order valence-electron chi connectivity index (χ4n) is 3.37. The van der Waals surface area contributed by atoms with Crippen LogP contribution in [-0.2, 0) is 6.54 Å². The number of amides is 1. The maximum absolute atomic E-state index is 12.8. The van der Waals surface area contributed by atoms with Gasteiger partial charge >= 0.3 is 0 Å². The number of rotatable bonds is 4. The summed E-state index contributed by atoms with van der Waals surface area (Å²) in [6, 6.07) is 7.46. The second kappa shape index (κ2) is 7.16. The molecule has 5 nitrogen and oxygen atoms in total. The Morgan fingerprint density at radius 2 is 1.88 bits per heavy atom. The van der Waals surface area contributed by atoms with Crippen LogP contribution in [0.1, 0.15) is 56.4 Å². The lowest BCUT2D eigenvalue weighted by molar-refractivity contribution is 0.0922. The molecule has 2 aromatic rings. The molecule has 1 aromatic heterocycles. The van der Waals surface area contributed by atoms with Gasteiger partial charge in [-0.1, -0.05) is 51.3 Å². The lowest BCUT2D eigenvalue weighted by Gasteiger charge is -2.23. The standard InChI is InChI=1S/C19H25N3O2/c1-13(2)12-22-19(24)16-11-7-6-10-15(16)17(21-22)18(23)20-14-8-4-3-5-9-14/h6-7,10-11,13-14H,3-5,8-9,12H2,1-2H3,(H,20,23). The predicted molar refractivity (Wildman–Crippen MR) is 95.2 cm³/mol. The molecule has 0 atom stereocenters. The molecule has 1 aliphatic rings. The Balaban J connectivity index is 2.00. The SMILES string of the molecule is CC(C)Cn1nc(C(=O)NC2CCCCC2)c2ccccc2c1=O. The van der Waals surface area contributed by atoms with Gasteiger partial charge in [-0.3, -0.25) is 9.59 Å². The molecule has 1 aromatic carbocycles. The zero-order valence-corrected chi connectivity index (χ0v) is 14.4. The molecule has 1 heterocycles. The van der Waals surface area contributed by atoms with Gasteiger partial charge in [0.25, 0.3) is 11.5 Å². The number of nitrogens with one attached hydrogen (secondary N) is 1. The van der Waals surface area contributed by atoms with E-state index in [1.165, 1.54) is 11.1 Å². The number of hydrogen-bond acceptors (Lipinski definition) is 3. The predicted octanol–water partition coefficient (Wildman–Crippen LogP) is 3.12. The van der Waals surface area contributed by atoms with Crippen molar-refractivity contribution >= 4 is 16.7 Å². The summed E-state index contributed by atoms with van der Waals surface area (Å²) in [6.45, 7) is 4.57. The van der Waals surface area contributed by atoms with E-state index in [0.717, 1.165) is 25.7 Å². The average Bonchev–Trinajstić information content (AvgIpc) is 2.58. The van der Waals surface area contributed by atoms with E-state index < -0.39 is 0 Å². The van der Waals surface area contributed by atoms with Gasteiger partial charge in [-0.2, -0.15) is 5.10 Å². The Hall–Kier alpha value is -2.17. The zero-order valence-electron chi connectivity index (χ0n) is 14.4. The normalized spacial score (nSPS) is 15.8. The van der Waals surface area contributed by atoms with Crippen LogP contribution in [0.25, 0.3) is 10.8 Å². The fourth-order valence-corrected chi connectivity index (χ4v) is 3.37. The van der Waals surface area contributed by atoms with Crippen LogP contribution in [0.5, 0.6) is 0 Å². The summed E-state index contributed by atoms with van der Waals surface area (Å²) >= 11 is 0. The molecule has 1 N–H and O–H groups in total. The van der Waals surface area contributed by atoms with Gasteiger partial charge < -0.3 is 5.32 Å². The summed E-state index contributed by atoms with van der Waals surface area (Å²) in [4.78, 5) is 25.4. The van der Waals surface area contributed by atoms with Gasteiger partial charge in [-0.05, 0) is 24.8 Å². The molecule has 1 amide bonds. The second-order valence-corrected chi connectivity index (χ2v) is 7.08.